The molecule has 6 heteroatoms. The molecule has 0 fully saturated rings. The third kappa shape index (κ3) is 3.13. The number of anilines is 1. The van der Waals surface area contributed by atoms with Crippen LogP contribution in [-0.2, 0) is 19.4 Å². The molecule has 0 aliphatic carbocycles. The minimum atomic E-state index is 0.864. The van der Waals surface area contributed by atoms with Gasteiger partial charge in [-0.05, 0) is 34.5 Å². The van der Waals surface area contributed by atoms with Crippen LogP contribution < -0.4 is 10.6 Å². The number of aromatic nitrogens is 2. The van der Waals surface area contributed by atoms with Gasteiger partial charge in [0.25, 0.3) is 0 Å². The number of hydrogen-bond acceptors (Lipinski definition) is 5. The van der Waals surface area contributed by atoms with Gasteiger partial charge < -0.3 is 10.6 Å². The van der Waals surface area contributed by atoms with Gasteiger partial charge in [0.15, 0.2) is 0 Å². The van der Waals surface area contributed by atoms with Gasteiger partial charge in [0.2, 0.25) is 0 Å². The summed E-state index contributed by atoms with van der Waals surface area (Å²) in [6.45, 7) is 2.77. The van der Waals surface area contributed by atoms with Crippen molar-refractivity contribution in [3.05, 3.63) is 38.4 Å². The summed E-state index contributed by atoms with van der Waals surface area (Å²) in [5.74, 6) is 0.979. The number of fused-ring (bicyclic) bond motifs is 1. The van der Waals surface area contributed by atoms with Crippen LogP contribution in [0.2, 0.25) is 0 Å². The van der Waals surface area contributed by atoms with Crippen molar-refractivity contribution in [2.24, 2.45) is 0 Å². The third-order valence-corrected chi connectivity index (χ3v) is 4.85. The molecule has 0 unspecified atom stereocenters. The Kier molecular flexibility index (Phi) is 4.10. The summed E-state index contributed by atoms with van der Waals surface area (Å²) < 4.78 is 1.19. The number of nitrogens with one attached hydrogen (secondary N) is 2. The van der Waals surface area contributed by atoms with Crippen molar-refractivity contribution in [1.29, 1.82) is 0 Å². The van der Waals surface area contributed by atoms with Gasteiger partial charge in [0, 0.05) is 36.5 Å². The molecule has 1 aliphatic rings. The molecule has 0 aromatic carbocycles. The molecule has 2 N–H and O–H groups in total. The molecule has 0 saturated carbocycles. The quantitative estimate of drug-likeness (QED) is 0.899. The van der Waals surface area contributed by atoms with Crippen LogP contribution in [0, 0.1) is 0 Å². The second-order valence-electron chi connectivity index (χ2n) is 4.46. The molecule has 0 saturated heterocycles. The predicted molar refractivity (Wildman–Crippen MR) is 81.7 cm³/mol. The minimum Gasteiger partial charge on any atom is -0.369 e. The lowest BCUT2D eigenvalue weighted by molar-refractivity contribution is 0.627. The van der Waals surface area contributed by atoms with Crippen LogP contribution >= 0.6 is 27.3 Å². The van der Waals surface area contributed by atoms with Crippen molar-refractivity contribution >= 4 is 33.1 Å². The van der Waals surface area contributed by atoms with E-state index in [9.17, 15) is 0 Å². The fourth-order valence-electron chi connectivity index (χ4n) is 2.21. The molecule has 3 rings (SSSR count). The van der Waals surface area contributed by atoms with E-state index in [2.05, 4.69) is 48.7 Å². The van der Waals surface area contributed by atoms with Gasteiger partial charge in [-0.3, -0.25) is 0 Å². The molecule has 2 aromatic heterocycles. The lowest BCUT2D eigenvalue weighted by atomic mass is 10.1. The SMILES string of the molecule is Brc1ccc(CCNc2ncnc3c2CNCC3)s1. The first-order chi connectivity index (χ1) is 9.33. The summed E-state index contributed by atoms with van der Waals surface area (Å²) in [5.41, 5.74) is 2.40. The number of halogens is 1. The molecule has 0 amide bonds. The van der Waals surface area contributed by atoms with E-state index >= 15 is 0 Å². The summed E-state index contributed by atoms with van der Waals surface area (Å²) >= 11 is 5.27. The molecule has 0 radical (unpaired) electrons. The molecule has 0 bridgehead atoms. The fourth-order valence-corrected chi connectivity index (χ4v) is 3.70. The highest BCUT2D eigenvalue weighted by Crippen LogP contribution is 2.23. The Balaban J connectivity index is 1.64. The van der Waals surface area contributed by atoms with E-state index in [1.165, 1.54) is 19.9 Å². The smallest absolute Gasteiger partial charge is 0.134 e. The molecule has 3 heterocycles. The average Bonchev–Trinajstić information content (AvgIpc) is 2.85. The number of nitrogens with zero attached hydrogens (tertiary/aromatic N) is 2. The maximum Gasteiger partial charge on any atom is 0.134 e. The summed E-state index contributed by atoms with van der Waals surface area (Å²) in [6, 6.07) is 4.25. The average molecular weight is 339 g/mol. The largest absolute Gasteiger partial charge is 0.369 e. The van der Waals surface area contributed by atoms with E-state index < -0.39 is 0 Å². The Morgan fingerprint density at radius 3 is 3.16 bits per heavy atom. The highest BCUT2D eigenvalue weighted by Gasteiger charge is 2.14. The first-order valence-electron chi connectivity index (χ1n) is 6.34. The first kappa shape index (κ1) is 13.0. The van der Waals surface area contributed by atoms with Crippen molar-refractivity contribution in [3.8, 4) is 0 Å². The van der Waals surface area contributed by atoms with Crippen molar-refractivity contribution < 1.29 is 0 Å². The van der Waals surface area contributed by atoms with Crippen LogP contribution in [0.1, 0.15) is 16.1 Å². The number of rotatable bonds is 4. The lowest BCUT2D eigenvalue weighted by Gasteiger charge is -2.18. The molecule has 0 spiro atoms. The maximum atomic E-state index is 4.36. The third-order valence-electron chi connectivity index (χ3n) is 3.17. The molecule has 1 aliphatic heterocycles. The Bertz CT molecular complexity index is 570. The zero-order valence-corrected chi connectivity index (χ0v) is 12.9. The lowest BCUT2D eigenvalue weighted by Crippen LogP contribution is -2.26. The van der Waals surface area contributed by atoms with E-state index in [4.69, 9.17) is 0 Å². The van der Waals surface area contributed by atoms with E-state index in [0.717, 1.165) is 38.3 Å². The van der Waals surface area contributed by atoms with E-state index in [1.807, 2.05) is 0 Å². The van der Waals surface area contributed by atoms with E-state index in [1.54, 1.807) is 17.7 Å². The molecule has 100 valence electrons. The highest BCUT2D eigenvalue weighted by molar-refractivity contribution is 9.11. The van der Waals surface area contributed by atoms with Crippen LogP contribution in [-0.4, -0.2) is 23.1 Å². The molecular formula is C13H15BrN4S. The van der Waals surface area contributed by atoms with Gasteiger partial charge in [-0.25, -0.2) is 9.97 Å². The van der Waals surface area contributed by atoms with Crippen molar-refractivity contribution in [3.63, 3.8) is 0 Å². The Hall–Kier alpha value is -0.980. The number of hydrogen-bond donors (Lipinski definition) is 2. The van der Waals surface area contributed by atoms with Crippen LogP contribution in [0.5, 0.6) is 0 Å². The molecular weight excluding hydrogens is 324 g/mol. The molecule has 19 heavy (non-hydrogen) atoms. The normalized spacial score (nSPS) is 14.2. The van der Waals surface area contributed by atoms with Crippen molar-refractivity contribution in [1.82, 2.24) is 15.3 Å². The van der Waals surface area contributed by atoms with Crippen LogP contribution in [0.4, 0.5) is 5.82 Å². The monoisotopic (exact) mass is 338 g/mol. The van der Waals surface area contributed by atoms with Gasteiger partial charge in [-0.1, -0.05) is 0 Å². The Morgan fingerprint density at radius 1 is 1.37 bits per heavy atom. The van der Waals surface area contributed by atoms with Crippen LogP contribution in [0.15, 0.2) is 22.2 Å². The fraction of sp³-hybridized carbons (Fsp3) is 0.385. The minimum absolute atomic E-state index is 0.864. The molecule has 2 aromatic rings. The standard InChI is InChI=1S/C13H15BrN4S/c14-12-2-1-9(19-12)3-6-16-13-10-7-15-5-4-11(10)17-8-18-13/h1-2,8,15H,3-7H2,(H,16,17,18). The summed E-state index contributed by atoms with van der Waals surface area (Å²) in [7, 11) is 0. The predicted octanol–water partition coefficient (Wildman–Crippen LogP) is 2.60. The zero-order chi connectivity index (χ0) is 13.1. The zero-order valence-electron chi connectivity index (χ0n) is 10.4. The number of thiophene rings is 1. The molecule has 4 nitrogen and oxygen atoms in total. The second-order valence-corrected chi connectivity index (χ2v) is 7.00. The van der Waals surface area contributed by atoms with Gasteiger partial charge in [-0.2, -0.15) is 0 Å². The van der Waals surface area contributed by atoms with E-state index in [-0.39, 0.29) is 0 Å². The Labute approximate surface area is 124 Å². The van der Waals surface area contributed by atoms with Gasteiger partial charge >= 0.3 is 0 Å². The van der Waals surface area contributed by atoms with Crippen molar-refractivity contribution in [2.45, 2.75) is 19.4 Å². The highest BCUT2D eigenvalue weighted by atomic mass is 79.9. The van der Waals surface area contributed by atoms with Gasteiger partial charge in [0.1, 0.15) is 12.1 Å². The first-order valence-corrected chi connectivity index (χ1v) is 7.95. The summed E-state index contributed by atoms with van der Waals surface area (Å²) in [6.07, 6.45) is 3.67. The topological polar surface area (TPSA) is 49.8 Å². The van der Waals surface area contributed by atoms with Crippen LogP contribution in [0.25, 0.3) is 0 Å². The second kappa shape index (κ2) is 5.98. The van der Waals surface area contributed by atoms with E-state index in [0.29, 0.717) is 0 Å². The van der Waals surface area contributed by atoms with Crippen molar-refractivity contribution in [2.75, 3.05) is 18.4 Å². The van der Waals surface area contributed by atoms with Gasteiger partial charge in [-0.15, -0.1) is 11.3 Å². The van der Waals surface area contributed by atoms with Gasteiger partial charge in [0.05, 0.1) is 9.48 Å². The Morgan fingerprint density at radius 2 is 2.32 bits per heavy atom. The maximum absolute atomic E-state index is 4.36. The summed E-state index contributed by atoms with van der Waals surface area (Å²) in [4.78, 5) is 10.1. The molecule has 0 atom stereocenters. The summed E-state index contributed by atoms with van der Waals surface area (Å²) in [5, 5.41) is 6.80. The van der Waals surface area contributed by atoms with Crippen LogP contribution in [0.3, 0.4) is 0 Å².